The predicted molar refractivity (Wildman–Crippen MR) is 69.4 cm³/mol. The van der Waals surface area contributed by atoms with Gasteiger partial charge in [-0.15, -0.1) is 0 Å². The van der Waals surface area contributed by atoms with Crippen LogP contribution in [0.25, 0.3) is 0 Å². The summed E-state index contributed by atoms with van der Waals surface area (Å²) in [4.78, 5) is 2.36. The Bertz CT molecular complexity index is 475. The zero-order valence-electron chi connectivity index (χ0n) is 10.6. The van der Waals surface area contributed by atoms with Crippen LogP contribution in [0.1, 0.15) is 24.5 Å². The van der Waals surface area contributed by atoms with Crippen molar-refractivity contribution in [2.24, 2.45) is 5.92 Å². The van der Waals surface area contributed by atoms with E-state index in [2.05, 4.69) is 23.7 Å². The van der Waals surface area contributed by atoms with E-state index in [-0.39, 0.29) is 12.4 Å². The summed E-state index contributed by atoms with van der Waals surface area (Å²) in [6.07, 6.45) is 1.22. The molecule has 1 fully saturated rings. The molecule has 96 valence electrons. The van der Waals surface area contributed by atoms with Crippen LogP contribution in [0.15, 0.2) is 18.2 Å². The van der Waals surface area contributed by atoms with E-state index in [4.69, 9.17) is 5.11 Å². The Morgan fingerprint density at radius 3 is 3.00 bits per heavy atom. The molecule has 1 N–H and O–H groups in total. The average molecular weight is 247 g/mol. The molecule has 0 aliphatic carbocycles. The minimum atomic E-state index is -0.282. The lowest BCUT2D eigenvalue weighted by Gasteiger charge is -2.16. The number of halogens is 1. The van der Waals surface area contributed by atoms with Gasteiger partial charge in [0.2, 0.25) is 0 Å². The molecule has 3 heteroatoms. The van der Waals surface area contributed by atoms with Gasteiger partial charge in [-0.3, -0.25) is 4.90 Å². The van der Waals surface area contributed by atoms with Gasteiger partial charge in [-0.1, -0.05) is 24.8 Å². The van der Waals surface area contributed by atoms with E-state index in [1.807, 2.05) is 0 Å². The molecule has 18 heavy (non-hydrogen) atoms. The van der Waals surface area contributed by atoms with E-state index >= 15 is 0 Å². The lowest BCUT2D eigenvalue weighted by atomic mass is 10.1. The van der Waals surface area contributed by atoms with Crippen molar-refractivity contribution in [1.82, 2.24) is 4.90 Å². The molecule has 2 nitrogen and oxygen atoms in total. The van der Waals surface area contributed by atoms with Crippen molar-refractivity contribution in [2.45, 2.75) is 19.9 Å². The van der Waals surface area contributed by atoms with Gasteiger partial charge in [-0.2, -0.15) is 0 Å². The first-order valence-corrected chi connectivity index (χ1v) is 6.29. The second-order valence-electron chi connectivity index (χ2n) is 4.89. The average Bonchev–Trinajstić information content (AvgIpc) is 2.75. The number of benzene rings is 1. The summed E-state index contributed by atoms with van der Waals surface area (Å²) in [5.74, 6) is 5.86. The van der Waals surface area contributed by atoms with E-state index in [0.717, 1.165) is 31.1 Å². The maximum absolute atomic E-state index is 13.2. The SMILES string of the molecule is CC1CCN(Cc2ccc(F)cc2C#CCO)C1. The van der Waals surface area contributed by atoms with Crippen LogP contribution in [0.5, 0.6) is 0 Å². The van der Waals surface area contributed by atoms with Crippen molar-refractivity contribution in [2.75, 3.05) is 19.7 Å². The van der Waals surface area contributed by atoms with Gasteiger partial charge in [0.25, 0.3) is 0 Å². The van der Waals surface area contributed by atoms with Crippen LogP contribution < -0.4 is 0 Å². The Kier molecular flexibility index (Phi) is 4.35. The Labute approximate surface area is 107 Å². The fourth-order valence-corrected chi connectivity index (χ4v) is 2.35. The van der Waals surface area contributed by atoms with Crippen LogP contribution in [-0.2, 0) is 6.54 Å². The lowest BCUT2D eigenvalue weighted by molar-refractivity contribution is 0.320. The minimum absolute atomic E-state index is 0.198. The number of hydrogen-bond acceptors (Lipinski definition) is 2. The molecule has 0 aromatic heterocycles. The summed E-state index contributed by atoms with van der Waals surface area (Å²) in [7, 11) is 0. The summed E-state index contributed by atoms with van der Waals surface area (Å²) < 4.78 is 13.2. The van der Waals surface area contributed by atoms with Crippen molar-refractivity contribution in [1.29, 1.82) is 0 Å². The minimum Gasteiger partial charge on any atom is -0.384 e. The number of nitrogens with zero attached hydrogens (tertiary/aromatic N) is 1. The van der Waals surface area contributed by atoms with E-state index in [0.29, 0.717) is 5.56 Å². The highest BCUT2D eigenvalue weighted by Crippen LogP contribution is 2.20. The fraction of sp³-hybridized carbons (Fsp3) is 0.467. The number of rotatable bonds is 2. The maximum Gasteiger partial charge on any atom is 0.124 e. The smallest absolute Gasteiger partial charge is 0.124 e. The standard InChI is InChI=1S/C15H18FNO/c1-12-6-7-17(10-12)11-14-4-5-15(16)9-13(14)3-2-8-18/h4-5,9,12,18H,6-8,10-11H2,1H3. The van der Waals surface area contributed by atoms with Gasteiger partial charge in [-0.05, 0) is 36.6 Å². The molecule has 1 aliphatic rings. The van der Waals surface area contributed by atoms with Gasteiger partial charge in [0.05, 0.1) is 0 Å². The molecule has 0 amide bonds. The highest BCUT2D eigenvalue weighted by molar-refractivity contribution is 5.41. The van der Waals surface area contributed by atoms with Crippen molar-refractivity contribution < 1.29 is 9.50 Å². The summed E-state index contributed by atoms with van der Waals surface area (Å²) in [5.41, 5.74) is 1.72. The molecule has 1 aliphatic heterocycles. The molecule has 1 saturated heterocycles. The Morgan fingerprint density at radius 2 is 2.33 bits per heavy atom. The molecule has 0 bridgehead atoms. The molecule has 0 radical (unpaired) electrons. The third-order valence-corrected chi connectivity index (χ3v) is 3.28. The van der Waals surface area contributed by atoms with Crippen LogP contribution in [0.3, 0.4) is 0 Å². The van der Waals surface area contributed by atoms with Crippen molar-refractivity contribution in [3.8, 4) is 11.8 Å². The first-order valence-electron chi connectivity index (χ1n) is 6.29. The molecule has 1 heterocycles. The molecular weight excluding hydrogens is 229 g/mol. The van der Waals surface area contributed by atoms with Gasteiger partial charge in [0, 0.05) is 18.7 Å². The number of hydrogen-bond donors (Lipinski definition) is 1. The largest absolute Gasteiger partial charge is 0.384 e. The van der Waals surface area contributed by atoms with Crippen LogP contribution in [0.2, 0.25) is 0 Å². The van der Waals surface area contributed by atoms with E-state index in [9.17, 15) is 4.39 Å². The predicted octanol–water partition coefficient (Wildman–Crippen LogP) is 2.01. The van der Waals surface area contributed by atoms with Crippen molar-refractivity contribution >= 4 is 0 Å². The van der Waals surface area contributed by atoms with E-state index in [1.165, 1.54) is 18.6 Å². The van der Waals surface area contributed by atoms with Gasteiger partial charge < -0.3 is 5.11 Å². The highest BCUT2D eigenvalue weighted by atomic mass is 19.1. The Morgan fingerprint density at radius 1 is 1.50 bits per heavy atom. The number of aliphatic hydroxyl groups excluding tert-OH is 1. The van der Waals surface area contributed by atoms with Crippen LogP contribution in [0, 0.1) is 23.6 Å². The first kappa shape index (κ1) is 13.1. The summed E-state index contributed by atoms with van der Waals surface area (Å²) in [5, 5.41) is 8.73. The molecular formula is C15H18FNO. The van der Waals surface area contributed by atoms with Gasteiger partial charge in [-0.25, -0.2) is 4.39 Å². The van der Waals surface area contributed by atoms with Crippen LogP contribution in [0.4, 0.5) is 4.39 Å². The fourth-order valence-electron chi connectivity index (χ4n) is 2.35. The van der Waals surface area contributed by atoms with E-state index in [1.54, 1.807) is 6.07 Å². The highest BCUT2D eigenvalue weighted by Gasteiger charge is 2.19. The van der Waals surface area contributed by atoms with Crippen molar-refractivity contribution in [3.05, 3.63) is 35.1 Å². The maximum atomic E-state index is 13.2. The normalized spacial score (nSPS) is 19.6. The molecule has 0 spiro atoms. The molecule has 1 atom stereocenters. The molecule has 0 saturated carbocycles. The summed E-state index contributed by atoms with van der Waals surface area (Å²) >= 11 is 0. The first-order chi connectivity index (χ1) is 8.69. The number of likely N-dealkylation sites (tertiary alicyclic amines) is 1. The van der Waals surface area contributed by atoms with Crippen LogP contribution >= 0.6 is 0 Å². The second-order valence-corrected chi connectivity index (χ2v) is 4.89. The zero-order chi connectivity index (χ0) is 13.0. The topological polar surface area (TPSA) is 23.5 Å². The summed E-state index contributed by atoms with van der Waals surface area (Å²) in [6, 6.07) is 4.70. The van der Waals surface area contributed by atoms with E-state index < -0.39 is 0 Å². The lowest BCUT2D eigenvalue weighted by Crippen LogP contribution is -2.20. The van der Waals surface area contributed by atoms with Crippen LogP contribution in [-0.4, -0.2) is 29.7 Å². The third-order valence-electron chi connectivity index (χ3n) is 3.28. The van der Waals surface area contributed by atoms with Gasteiger partial charge in [0.15, 0.2) is 0 Å². The van der Waals surface area contributed by atoms with Gasteiger partial charge >= 0.3 is 0 Å². The number of aliphatic hydroxyl groups is 1. The van der Waals surface area contributed by atoms with Crippen molar-refractivity contribution in [3.63, 3.8) is 0 Å². The third kappa shape index (κ3) is 3.32. The molecule has 1 aromatic rings. The molecule has 2 rings (SSSR count). The quantitative estimate of drug-likeness (QED) is 0.808. The molecule has 1 aromatic carbocycles. The molecule has 1 unspecified atom stereocenters. The summed E-state index contributed by atoms with van der Waals surface area (Å²) in [6.45, 7) is 5.03. The van der Waals surface area contributed by atoms with Gasteiger partial charge in [0.1, 0.15) is 12.4 Å². The second kappa shape index (κ2) is 5.99. The monoisotopic (exact) mass is 247 g/mol. The zero-order valence-corrected chi connectivity index (χ0v) is 10.6. The Balaban J connectivity index is 2.16. The Hall–Kier alpha value is -1.37.